The van der Waals surface area contributed by atoms with Crippen LogP contribution in [0.15, 0.2) is 48.5 Å². The highest BCUT2D eigenvalue weighted by atomic mass is 127. The van der Waals surface area contributed by atoms with Crippen LogP contribution in [0.5, 0.6) is 5.75 Å². The summed E-state index contributed by atoms with van der Waals surface area (Å²) in [6.07, 6.45) is 0. The van der Waals surface area contributed by atoms with Crippen LogP contribution >= 0.6 is 22.6 Å². The molecule has 1 amide bonds. The number of nitrogens with one attached hydrogen (secondary N) is 1. The Morgan fingerprint density at radius 3 is 2.48 bits per heavy atom. The number of hydrogen-bond donors (Lipinski definition) is 1. The van der Waals surface area contributed by atoms with Gasteiger partial charge in [0.05, 0.1) is 12.2 Å². The van der Waals surface area contributed by atoms with E-state index in [4.69, 9.17) is 4.74 Å². The minimum absolute atomic E-state index is 0.157. The molecule has 2 rings (SSSR count). The third kappa shape index (κ3) is 4.74. The molecule has 3 nitrogen and oxygen atoms in total. The van der Waals surface area contributed by atoms with E-state index in [1.54, 1.807) is 6.07 Å². The summed E-state index contributed by atoms with van der Waals surface area (Å²) in [5.41, 5.74) is 1.33. The lowest BCUT2D eigenvalue weighted by atomic mass is 10.1. The van der Waals surface area contributed by atoms with Crippen molar-refractivity contribution in [1.82, 2.24) is 0 Å². The number of hydrogen-bond acceptors (Lipinski definition) is 2. The van der Waals surface area contributed by atoms with E-state index in [0.29, 0.717) is 23.8 Å². The molecule has 0 spiro atoms. The molecule has 2 aromatic carbocycles. The molecule has 0 aliphatic heterocycles. The molecule has 0 saturated heterocycles. The quantitative estimate of drug-likeness (QED) is 0.753. The number of rotatable bonds is 5. The lowest BCUT2D eigenvalue weighted by Gasteiger charge is -2.13. The fraction of sp³-hybridized carbons (Fsp3) is 0.235. The molecule has 21 heavy (non-hydrogen) atoms. The van der Waals surface area contributed by atoms with E-state index in [0.717, 1.165) is 9.26 Å². The maximum absolute atomic E-state index is 12.4. The van der Waals surface area contributed by atoms with E-state index in [2.05, 4.69) is 41.8 Å². The number of halogens is 1. The minimum atomic E-state index is -0.157. The van der Waals surface area contributed by atoms with Gasteiger partial charge in [-0.25, -0.2) is 0 Å². The smallest absolute Gasteiger partial charge is 0.259 e. The first kappa shape index (κ1) is 15.8. The first-order valence-corrected chi connectivity index (χ1v) is 7.93. The van der Waals surface area contributed by atoms with Gasteiger partial charge in [-0.3, -0.25) is 4.79 Å². The van der Waals surface area contributed by atoms with Crippen LogP contribution < -0.4 is 10.1 Å². The summed E-state index contributed by atoms with van der Waals surface area (Å²) in [6.45, 7) is 4.75. The number of benzene rings is 2. The third-order valence-corrected chi connectivity index (χ3v) is 3.53. The number of carbonyl (C=O) groups excluding carboxylic acids is 1. The molecule has 0 saturated carbocycles. The summed E-state index contributed by atoms with van der Waals surface area (Å²) in [4.78, 5) is 12.4. The second kappa shape index (κ2) is 7.45. The number of anilines is 1. The van der Waals surface area contributed by atoms with Crippen molar-refractivity contribution in [2.45, 2.75) is 13.8 Å². The van der Waals surface area contributed by atoms with Crippen LogP contribution in [0.2, 0.25) is 0 Å². The van der Waals surface area contributed by atoms with E-state index < -0.39 is 0 Å². The second-order valence-electron chi connectivity index (χ2n) is 5.16. The van der Waals surface area contributed by atoms with E-state index in [-0.39, 0.29) is 5.91 Å². The Kier molecular flexibility index (Phi) is 5.61. The van der Waals surface area contributed by atoms with Gasteiger partial charge in [-0.1, -0.05) is 26.0 Å². The van der Waals surface area contributed by atoms with Gasteiger partial charge in [-0.05, 0) is 64.9 Å². The number of amides is 1. The molecule has 0 fully saturated rings. The predicted molar refractivity (Wildman–Crippen MR) is 93.9 cm³/mol. The summed E-state index contributed by atoms with van der Waals surface area (Å²) < 4.78 is 6.85. The van der Waals surface area contributed by atoms with Crippen molar-refractivity contribution in [3.05, 3.63) is 57.7 Å². The molecule has 0 atom stereocenters. The SMILES string of the molecule is CC(C)COc1ccccc1C(=O)Nc1ccc(I)cc1. The van der Waals surface area contributed by atoms with Crippen molar-refractivity contribution in [2.75, 3.05) is 11.9 Å². The van der Waals surface area contributed by atoms with Crippen molar-refractivity contribution in [2.24, 2.45) is 5.92 Å². The molecule has 0 radical (unpaired) electrons. The summed E-state index contributed by atoms with van der Waals surface area (Å²) in [6, 6.07) is 15.0. The Morgan fingerprint density at radius 1 is 1.14 bits per heavy atom. The van der Waals surface area contributed by atoms with Gasteiger partial charge in [-0.2, -0.15) is 0 Å². The zero-order valence-corrected chi connectivity index (χ0v) is 14.3. The van der Waals surface area contributed by atoms with Crippen molar-refractivity contribution < 1.29 is 9.53 Å². The molecule has 0 heterocycles. The standard InChI is InChI=1S/C17H18INO2/c1-12(2)11-21-16-6-4-3-5-15(16)17(20)19-14-9-7-13(18)8-10-14/h3-10,12H,11H2,1-2H3,(H,19,20). The molecule has 0 unspecified atom stereocenters. The molecule has 0 aliphatic rings. The number of para-hydroxylation sites is 1. The van der Waals surface area contributed by atoms with E-state index in [1.807, 2.05) is 42.5 Å². The van der Waals surface area contributed by atoms with Crippen LogP contribution in [0.3, 0.4) is 0 Å². The van der Waals surface area contributed by atoms with Gasteiger partial charge in [0.15, 0.2) is 0 Å². The van der Waals surface area contributed by atoms with E-state index >= 15 is 0 Å². The Labute approximate surface area is 138 Å². The van der Waals surface area contributed by atoms with Gasteiger partial charge in [0.1, 0.15) is 5.75 Å². The molecule has 2 aromatic rings. The highest BCUT2D eigenvalue weighted by molar-refractivity contribution is 14.1. The van der Waals surface area contributed by atoms with Crippen molar-refractivity contribution >= 4 is 34.2 Å². The van der Waals surface area contributed by atoms with Gasteiger partial charge in [-0.15, -0.1) is 0 Å². The minimum Gasteiger partial charge on any atom is -0.492 e. The first-order valence-electron chi connectivity index (χ1n) is 6.85. The fourth-order valence-corrected chi connectivity index (χ4v) is 2.13. The summed E-state index contributed by atoms with van der Waals surface area (Å²) in [5, 5.41) is 2.89. The lowest BCUT2D eigenvalue weighted by Crippen LogP contribution is -2.14. The van der Waals surface area contributed by atoms with Crippen LogP contribution in [-0.4, -0.2) is 12.5 Å². The first-order chi connectivity index (χ1) is 10.1. The Morgan fingerprint density at radius 2 is 1.81 bits per heavy atom. The van der Waals surface area contributed by atoms with Crippen LogP contribution in [0.1, 0.15) is 24.2 Å². The number of carbonyl (C=O) groups is 1. The van der Waals surface area contributed by atoms with Crippen LogP contribution in [-0.2, 0) is 0 Å². The molecule has 1 N–H and O–H groups in total. The average Bonchev–Trinajstić information content (AvgIpc) is 2.47. The predicted octanol–water partition coefficient (Wildman–Crippen LogP) is 4.58. The normalized spacial score (nSPS) is 10.5. The summed E-state index contributed by atoms with van der Waals surface area (Å²) in [7, 11) is 0. The highest BCUT2D eigenvalue weighted by Crippen LogP contribution is 2.20. The van der Waals surface area contributed by atoms with Gasteiger partial charge < -0.3 is 10.1 Å². The molecular weight excluding hydrogens is 377 g/mol. The lowest BCUT2D eigenvalue weighted by molar-refractivity contribution is 0.102. The molecule has 0 aromatic heterocycles. The Hall–Kier alpha value is -1.56. The van der Waals surface area contributed by atoms with Crippen molar-refractivity contribution in [3.8, 4) is 5.75 Å². The second-order valence-corrected chi connectivity index (χ2v) is 6.41. The maximum atomic E-state index is 12.4. The van der Waals surface area contributed by atoms with Crippen molar-refractivity contribution in [3.63, 3.8) is 0 Å². The average molecular weight is 395 g/mol. The molecule has 4 heteroatoms. The molecule has 110 valence electrons. The summed E-state index contributed by atoms with van der Waals surface area (Å²) in [5.74, 6) is 0.877. The van der Waals surface area contributed by atoms with E-state index in [9.17, 15) is 4.79 Å². The molecular formula is C17H18INO2. The zero-order valence-electron chi connectivity index (χ0n) is 12.1. The molecule has 0 aliphatic carbocycles. The topological polar surface area (TPSA) is 38.3 Å². The van der Waals surface area contributed by atoms with Gasteiger partial charge in [0.2, 0.25) is 0 Å². The van der Waals surface area contributed by atoms with Gasteiger partial charge in [0, 0.05) is 9.26 Å². The Bertz CT molecular complexity index is 608. The van der Waals surface area contributed by atoms with Gasteiger partial charge >= 0.3 is 0 Å². The third-order valence-electron chi connectivity index (χ3n) is 2.81. The van der Waals surface area contributed by atoms with Gasteiger partial charge in [0.25, 0.3) is 5.91 Å². The van der Waals surface area contributed by atoms with Crippen molar-refractivity contribution in [1.29, 1.82) is 0 Å². The van der Waals surface area contributed by atoms with Crippen LogP contribution in [0, 0.1) is 9.49 Å². The van der Waals surface area contributed by atoms with E-state index in [1.165, 1.54) is 0 Å². The largest absolute Gasteiger partial charge is 0.492 e. The van der Waals surface area contributed by atoms with Crippen LogP contribution in [0.25, 0.3) is 0 Å². The maximum Gasteiger partial charge on any atom is 0.259 e. The monoisotopic (exact) mass is 395 g/mol. The highest BCUT2D eigenvalue weighted by Gasteiger charge is 2.12. The number of ether oxygens (including phenoxy) is 1. The fourth-order valence-electron chi connectivity index (χ4n) is 1.77. The summed E-state index contributed by atoms with van der Waals surface area (Å²) >= 11 is 2.23. The molecule has 0 bridgehead atoms. The zero-order chi connectivity index (χ0) is 15.2. The Balaban J connectivity index is 2.13. The van der Waals surface area contributed by atoms with Crippen LogP contribution in [0.4, 0.5) is 5.69 Å².